The van der Waals surface area contributed by atoms with Crippen molar-refractivity contribution in [2.24, 2.45) is 10.9 Å². The normalized spacial score (nSPS) is 30.5. The molecule has 5 nitrogen and oxygen atoms in total. The maximum atomic E-state index is 11.5. The Morgan fingerprint density at radius 2 is 2.09 bits per heavy atom. The van der Waals surface area contributed by atoms with Gasteiger partial charge in [0, 0.05) is 24.9 Å². The second-order valence-electron chi connectivity index (χ2n) is 6.31. The van der Waals surface area contributed by atoms with E-state index < -0.39 is 9.84 Å². The molecule has 0 aromatic carbocycles. The van der Waals surface area contributed by atoms with E-state index in [1.807, 2.05) is 0 Å². The Bertz CT molecular complexity index is 483. The van der Waals surface area contributed by atoms with Crippen molar-refractivity contribution in [1.82, 2.24) is 10.6 Å². The van der Waals surface area contributed by atoms with Crippen molar-refractivity contribution in [2.75, 3.05) is 30.9 Å². The minimum atomic E-state index is -2.79. The molecule has 23 heavy (non-hydrogen) atoms. The predicted molar refractivity (Wildman–Crippen MR) is 111 cm³/mol. The van der Waals surface area contributed by atoms with Gasteiger partial charge in [0.2, 0.25) is 0 Å². The van der Waals surface area contributed by atoms with Crippen LogP contribution >= 0.6 is 35.7 Å². The molecule has 0 radical (unpaired) electrons. The molecule has 2 N–H and O–H groups in total. The molecule has 3 atom stereocenters. The summed E-state index contributed by atoms with van der Waals surface area (Å²) in [7, 11) is -1.01. The number of sulfone groups is 1. The third-order valence-corrected chi connectivity index (χ3v) is 7.55. The van der Waals surface area contributed by atoms with Gasteiger partial charge in [-0.05, 0) is 37.4 Å². The van der Waals surface area contributed by atoms with Gasteiger partial charge in [-0.3, -0.25) is 4.99 Å². The fourth-order valence-corrected chi connectivity index (χ4v) is 6.36. The molecule has 0 spiro atoms. The van der Waals surface area contributed by atoms with Gasteiger partial charge < -0.3 is 10.6 Å². The van der Waals surface area contributed by atoms with Crippen molar-refractivity contribution >= 4 is 51.5 Å². The fraction of sp³-hybridized carbons (Fsp3) is 0.933. The highest BCUT2D eigenvalue weighted by Crippen LogP contribution is 2.28. The average molecular weight is 475 g/mol. The highest BCUT2D eigenvalue weighted by atomic mass is 127. The summed E-state index contributed by atoms with van der Waals surface area (Å²) in [5, 5.41) is 7.58. The molecule has 0 aromatic rings. The summed E-state index contributed by atoms with van der Waals surface area (Å²) in [5.41, 5.74) is 0. The number of halogens is 1. The Kier molecular flexibility index (Phi) is 9.58. The Labute approximate surface area is 162 Å². The molecule has 2 rings (SSSR count). The average Bonchev–Trinajstić information content (AvgIpc) is 2.83. The van der Waals surface area contributed by atoms with E-state index in [-0.39, 0.29) is 29.9 Å². The number of nitrogens with one attached hydrogen (secondary N) is 2. The van der Waals surface area contributed by atoms with E-state index in [2.05, 4.69) is 34.3 Å². The van der Waals surface area contributed by atoms with E-state index >= 15 is 0 Å². The number of rotatable bonds is 5. The molecule has 1 saturated heterocycles. The van der Waals surface area contributed by atoms with Gasteiger partial charge in [-0.1, -0.05) is 13.3 Å². The van der Waals surface area contributed by atoms with Crippen LogP contribution in [-0.2, 0) is 9.84 Å². The number of guanidine groups is 1. The molecule has 8 heteroatoms. The zero-order valence-electron chi connectivity index (χ0n) is 14.1. The lowest BCUT2D eigenvalue weighted by atomic mass is 9.95. The maximum absolute atomic E-state index is 11.5. The lowest BCUT2D eigenvalue weighted by molar-refractivity contribution is 0.417. The molecule has 0 amide bonds. The van der Waals surface area contributed by atoms with E-state index in [1.54, 1.807) is 7.05 Å². The monoisotopic (exact) mass is 475 g/mol. The highest BCUT2D eigenvalue weighted by Gasteiger charge is 2.28. The number of nitrogens with zero attached hydrogens (tertiary/aromatic N) is 1. The van der Waals surface area contributed by atoms with Crippen LogP contribution in [0.4, 0.5) is 0 Å². The van der Waals surface area contributed by atoms with Crippen LogP contribution in [0.1, 0.15) is 39.0 Å². The summed E-state index contributed by atoms with van der Waals surface area (Å²) in [6, 6.07) is 0.483. The Balaban J connectivity index is 0.00000264. The molecule has 2 aliphatic rings. The first-order valence-electron chi connectivity index (χ1n) is 8.31. The first-order chi connectivity index (χ1) is 10.5. The number of hydrogen-bond donors (Lipinski definition) is 2. The van der Waals surface area contributed by atoms with Gasteiger partial charge in [-0.2, -0.15) is 11.8 Å². The van der Waals surface area contributed by atoms with Crippen LogP contribution < -0.4 is 10.6 Å². The zero-order valence-corrected chi connectivity index (χ0v) is 18.0. The van der Waals surface area contributed by atoms with E-state index in [0.29, 0.717) is 24.1 Å². The van der Waals surface area contributed by atoms with E-state index in [1.165, 1.54) is 31.4 Å². The number of thioether (sulfide) groups is 1. The van der Waals surface area contributed by atoms with Crippen LogP contribution in [0, 0.1) is 5.92 Å². The van der Waals surface area contributed by atoms with Gasteiger partial charge in [-0.25, -0.2) is 8.42 Å². The minimum Gasteiger partial charge on any atom is -0.356 e. The standard InChI is InChI=1S/C15H29N3O2S2.HI/c1-3-21-14-6-4-5-13(9-14)18-15(16-2)17-10-12-7-8-22(19,20)11-12;/h12-14H,3-11H2,1-2H3,(H2,16,17,18);1H. The SMILES string of the molecule is CCSC1CCCC(NC(=NC)NCC2CCS(=O)(=O)C2)C1.I. The maximum Gasteiger partial charge on any atom is 0.191 e. The molecule has 1 aliphatic heterocycles. The zero-order chi connectivity index (χ0) is 16.0. The van der Waals surface area contributed by atoms with Gasteiger partial charge in [-0.15, -0.1) is 24.0 Å². The Morgan fingerprint density at radius 3 is 2.70 bits per heavy atom. The van der Waals surface area contributed by atoms with Crippen LogP contribution in [0.3, 0.4) is 0 Å². The van der Waals surface area contributed by atoms with Gasteiger partial charge >= 0.3 is 0 Å². The van der Waals surface area contributed by atoms with Gasteiger partial charge in [0.15, 0.2) is 15.8 Å². The smallest absolute Gasteiger partial charge is 0.191 e. The fourth-order valence-electron chi connectivity index (χ4n) is 3.33. The van der Waals surface area contributed by atoms with Gasteiger partial charge in [0.25, 0.3) is 0 Å². The van der Waals surface area contributed by atoms with Crippen LogP contribution in [0.2, 0.25) is 0 Å². The summed E-state index contributed by atoms with van der Waals surface area (Å²) >= 11 is 2.06. The first-order valence-corrected chi connectivity index (χ1v) is 11.2. The van der Waals surface area contributed by atoms with E-state index in [9.17, 15) is 8.42 Å². The number of hydrogen-bond acceptors (Lipinski definition) is 4. The van der Waals surface area contributed by atoms with Crippen LogP contribution in [0.25, 0.3) is 0 Å². The summed E-state index contributed by atoms with van der Waals surface area (Å²) in [6.45, 7) is 2.91. The molecular weight excluding hydrogens is 445 g/mol. The Hall–Kier alpha value is 0.300. The lowest BCUT2D eigenvalue weighted by Crippen LogP contribution is -2.46. The summed E-state index contributed by atoms with van der Waals surface area (Å²) < 4.78 is 23.0. The van der Waals surface area contributed by atoms with E-state index in [4.69, 9.17) is 0 Å². The van der Waals surface area contributed by atoms with Crippen molar-refractivity contribution in [3.63, 3.8) is 0 Å². The molecule has 1 saturated carbocycles. The molecule has 136 valence electrons. The Morgan fingerprint density at radius 1 is 1.30 bits per heavy atom. The predicted octanol–water partition coefficient (Wildman–Crippen LogP) is 2.27. The number of aliphatic imine (C=N–C) groups is 1. The molecule has 1 heterocycles. The largest absolute Gasteiger partial charge is 0.356 e. The molecule has 0 aromatic heterocycles. The van der Waals surface area contributed by atoms with Crippen LogP contribution in [-0.4, -0.2) is 56.5 Å². The van der Waals surface area contributed by atoms with Crippen LogP contribution in [0.15, 0.2) is 4.99 Å². The second-order valence-corrected chi connectivity index (χ2v) is 10.1. The highest BCUT2D eigenvalue weighted by molar-refractivity contribution is 14.0. The molecule has 3 unspecified atom stereocenters. The summed E-state index contributed by atoms with van der Waals surface area (Å²) in [6.07, 6.45) is 5.75. The summed E-state index contributed by atoms with van der Waals surface area (Å²) in [5.74, 6) is 2.87. The topological polar surface area (TPSA) is 70.6 Å². The van der Waals surface area contributed by atoms with E-state index in [0.717, 1.165) is 17.6 Å². The lowest BCUT2D eigenvalue weighted by Gasteiger charge is -2.30. The van der Waals surface area contributed by atoms with Crippen molar-refractivity contribution in [2.45, 2.75) is 50.3 Å². The molecule has 2 fully saturated rings. The first kappa shape index (κ1) is 21.3. The molecule has 1 aliphatic carbocycles. The summed E-state index contributed by atoms with van der Waals surface area (Å²) in [4.78, 5) is 4.29. The minimum absolute atomic E-state index is 0. The molecule has 0 bridgehead atoms. The quantitative estimate of drug-likeness (QED) is 0.363. The van der Waals surface area contributed by atoms with Crippen molar-refractivity contribution in [1.29, 1.82) is 0 Å². The second kappa shape index (κ2) is 10.3. The van der Waals surface area contributed by atoms with Crippen molar-refractivity contribution < 1.29 is 8.42 Å². The third-order valence-electron chi connectivity index (χ3n) is 4.48. The van der Waals surface area contributed by atoms with Gasteiger partial charge in [0.1, 0.15) is 0 Å². The molecular formula is C15H30IN3O2S2. The van der Waals surface area contributed by atoms with Crippen LogP contribution in [0.5, 0.6) is 0 Å². The third kappa shape index (κ3) is 7.37. The van der Waals surface area contributed by atoms with Gasteiger partial charge in [0.05, 0.1) is 11.5 Å². The van der Waals surface area contributed by atoms with Crippen molar-refractivity contribution in [3.8, 4) is 0 Å². The van der Waals surface area contributed by atoms with Crippen molar-refractivity contribution in [3.05, 3.63) is 0 Å².